The molecule has 0 spiro atoms. The van der Waals surface area contributed by atoms with Crippen LogP contribution in [0.4, 0.5) is 5.69 Å². The molecule has 2 aromatic rings. The van der Waals surface area contributed by atoms with Crippen LogP contribution in [0.2, 0.25) is 0 Å². The van der Waals surface area contributed by atoms with Crippen LogP contribution in [0.3, 0.4) is 0 Å². The van der Waals surface area contributed by atoms with E-state index in [9.17, 15) is 14.4 Å². The molecule has 0 radical (unpaired) electrons. The zero-order valence-electron chi connectivity index (χ0n) is 16.8. The zero-order chi connectivity index (χ0) is 22.0. The van der Waals surface area contributed by atoms with E-state index in [1.165, 1.54) is 6.20 Å². The number of hydrogen-bond donors (Lipinski definition) is 1. The number of nitrogens with zero attached hydrogens (tertiary/aromatic N) is 3. The number of unbranched alkanes of at least 4 members (excludes halogenated alkanes) is 2. The highest BCUT2D eigenvalue weighted by Gasteiger charge is 2.42. The average Bonchev–Trinajstić information content (AvgIpc) is 3.22. The molecule has 0 aliphatic carbocycles. The van der Waals surface area contributed by atoms with Gasteiger partial charge in [-0.1, -0.05) is 49.7 Å². The largest absolute Gasteiger partial charge is 0.308 e. The summed E-state index contributed by atoms with van der Waals surface area (Å²) < 4.78 is 0.166. The highest BCUT2D eigenvalue weighted by Crippen LogP contribution is 2.44. The number of hydrogen-bond acceptors (Lipinski definition) is 6. The number of benzene rings is 1. The molecule has 0 atom stereocenters. The molecule has 158 valence electrons. The number of aromatic nitrogens is 1. The number of thiocarbonyl (C=S) groups is 1. The molecular formula is C22H20N4O3S2. The van der Waals surface area contributed by atoms with E-state index in [0.29, 0.717) is 23.2 Å². The van der Waals surface area contributed by atoms with Gasteiger partial charge in [0.05, 0.1) is 21.7 Å². The molecule has 9 heteroatoms. The summed E-state index contributed by atoms with van der Waals surface area (Å²) in [5.74, 6) is -1.23. The molecule has 1 aromatic heterocycles. The van der Waals surface area contributed by atoms with Crippen LogP contribution in [0.25, 0.3) is 5.57 Å². The minimum Gasteiger partial charge on any atom is -0.308 e. The molecule has 1 N–H and O–H groups in total. The average molecular weight is 453 g/mol. The molecule has 31 heavy (non-hydrogen) atoms. The predicted octanol–water partition coefficient (Wildman–Crippen LogP) is 3.53. The summed E-state index contributed by atoms with van der Waals surface area (Å²) in [6.45, 7) is 2.70. The number of thioether (sulfide) groups is 1. The monoisotopic (exact) mass is 452 g/mol. The van der Waals surface area contributed by atoms with Crippen LogP contribution in [-0.2, 0) is 9.59 Å². The number of fused-ring (bicyclic) bond motifs is 1. The second-order valence-electron chi connectivity index (χ2n) is 7.08. The van der Waals surface area contributed by atoms with Gasteiger partial charge in [-0.25, -0.2) is 0 Å². The Morgan fingerprint density at radius 1 is 1.13 bits per heavy atom. The lowest BCUT2D eigenvalue weighted by Crippen LogP contribution is -2.45. The van der Waals surface area contributed by atoms with E-state index in [-0.39, 0.29) is 15.1 Å². The Kier molecular flexibility index (Phi) is 6.15. The second-order valence-corrected chi connectivity index (χ2v) is 8.72. The molecule has 1 fully saturated rings. The summed E-state index contributed by atoms with van der Waals surface area (Å²) in [5.41, 5.74) is 4.67. The van der Waals surface area contributed by atoms with Crippen LogP contribution >= 0.6 is 24.0 Å². The van der Waals surface area contributed by atoms with Gasteiger partial charge in [0, 0.05) is 24.5 Å². The van der Waals surface area contributed by atoms with Gasteiger partial charge in [0.25, 0.3) is 17.7 Å². The number of hydrazine groups is 1. The SMILES string of the molecule is CCCCCN1C(=O)/C(=C2\SC(=S)N(NC(=O)c3cccnc3)C2=O)c2ccccc21. The van der Waals surface area contributed by atoms with E-state index in [4.69, 9.17) is 12.2 Å². The lowest BCUT2D eigenvalue weighted by Gasteiger charge is -2.16. The molecule has 2 aliphatic heterocycles. The van der Waals surface area contributed by atoms with Gasteiger partial charge < -0.3 is 4.90 Å². The number of anilines is 1. The molecule has 1 saturated heterocycles. The summed E-state index contributed by atoms with van der Waals surface area (Å²) in [4.78, 5) is 44.8. The number of carbonyl (C=O) groups is 3. The van der Waals surface area contributed by atoms with Crippen molar-refractivity contribution in [2.75, 3.05) is 11.4 Å². The molecule has 0 unspecified atom stereocenters. The van der Waals surface area contributed by atoms with Gasteiger partial charge in [0.1, 0.15) is 0 Å². The molecule has 1 aromatic carbocycles. The minimum absolute atomic E-state index is 0.166. The van der Waals surface area contributed by atoms with E-state index >= 15 is 0 Å². The zero-order valence-corrected chi connectivity index (χ0v) is 18.5. The summed E-state index contributed by atoms with van der Waals surface area (Å²) in [7, 11) is 0. The van der Waals surface area contributed by atoms with Crippen molar-refractivity contribution < 1.29 is 14.4 Å². The lowest BCUT2D eigenvalue weighted by atomic mass is 10.1. The van der Waals surface area contributed by atoms with E-state index < -0.39 is 11.8 Å². The van der Waals surface area contributed by atoms with Crippen molar-refractivity contribution in [3.63, 3.8) is 0 Å². The van der Waals surface area contributed by atoms with Gasteiger partial charge in [-0.15, -0.1) is 0 Å². The number of amides is 3. The first-order valence-electron chi connectivity index (χ1n) is 9.95. The molecule has 3 heterocycles. The molecule has 0 bridgehead atoms. The maximum absolute atomic E-state index is 13.3. The Morgan fingerprint density at radius 3 is 2.68 bits per heavy atom. The first-order chi connectivity index (χ1) is 15.0. The Hall–Kier alpha value is -3.04. The number of carbonyl (C=O) groups excluding carboxylic acids is 3. The Morgan fingerprint density at radius 2 is 1.94 bits per heavy atom. The maximum atomic E-state index is 13.3. The van der Waals surface area contributed by atoms with E-state index in [1.54, 1.807) is 23.2 Å². The van der Waals surface area contributed by atoms with Gasteiger partial charge in [-0.3, -0.25) is 24.8 Å². The summed E-state index contributed by atoms with van der Waals surface area (Å²) >= 11 is 6.35. The fourth-order valence-electron chi connectivity index (χ4n) is 3.52. The van der Waals surface area contributed by atoms with Gasteiger partial charge in [0.2, 0.25) is 0 Å². The fraction of sp³-hybridized carbons (Fsp3) is 0.227. The van der Waals surface area contributed by atoms with E-state index in [0.717, 1.165) is 41.7 Å². The first kappa shape index (κ1) is 21.2. The number of pyridine rings is 1. The maximum Gasteiger partial charge on any atom is 0.286 e. The fourth-order valence-corrected chi connectivity index (χ4v) is 4.77. The molecule has 7 nitrogen and oxygen atoms in total. The van der Waals surface area contributed by atoms with Crippen molar-refractivity contribution in [1.29, 1.82) is 0 Å². The van der Waals surface area contributed by atoms with Crippen molar-refractivity contribution in [2.45, 2.75) is 26.2 Å². The topological polar surface area (TPSA) is 82.6 Å². The second kappa shape index (κ2) is 8.99. The summed E-state index contributed by atoms with van der Waals surface area (Å²) in [6.07, 6.45) is 5.90. The van der Waals surface area contributed by atoms with Crippen molar-refractivity contribution in [1.82, 2.24) is 15.4 Å². The Bertz CT molecular complexity index is 1100. The van der Waals surface area contributed by atoms with Crippen LogP contribution in [-0.4, -0.2) is 38.6 Å². The van der Waals surface area contributed by atoms with Crippen LogP contribution in [0.15, 0.2) is 53.7 Å². The molecular weight excluding hydrogens is 432 g/mol. The highest BCUT2D eigenvalue weighted by atomic mass is 32.2. The van der Waals surface area contributed by atoms with Gasteiger partial charge in [0.15, 0.2) is 4.32 Å². The van der Waals surface area contributed by atoms with Crippen molar-refractivity contribution in [2.24, 2.45) is 0 Å². The van der Waals surface area contributed by atoms with Gasteiger partial charge >= 0.3 is 0 Å². The van der Waals surface area contributed by atoms with Crippen LogP contribution < -0.4 is 10.3 Å². The molecule has 2 aliphatic rings. The number of para-hydroxylation sites is 1. The molecule has 0 saturated carbocycles. The Balaban J connectivity index is 1.64. The molecule has 4 rings (SSSR count). The van der Waals surface area contributed by atoms with Crippen molar-refractivity contribution in [3.8, 4) is 0 Å². The van der Waals surface area contributed by atoms with E-state index in [1.807, 2.05) is 24.3 Å². The smallest absolute Gasteiger partial charge is 0.286 e. The van der Waals surface area contributed by atoms with Crippen LogP contribution in [0, 0.1) is 0 Å². The summed E-state index contributed by atoms with van der Waals surface area (Å²) in [6, 6.07) is 10.7. The summed E-state index contributed by atoms with van der Waals surface area (Å²) in [5, 5.41) is 1.02. The quantitative estimate of drug-likeness (QED) is 0.410. The van der Waals surface area contributed by atoms with E-state index in [2.05, 4.69) is 17.3 Å². The third-order valence-corrected chi connectivity index (χ3v) is 6.41. The van der Waals surface area contributed by atoms with Crippen LogP contribution in [0.1, 0.15) is 42.1 Å². The highest BCUT2D eigenvalue weighted by molar-refractivity contribution is 8.26. The normalized spacial score (nSPS) is 18.0. The third kappa shape index (κ3) is 3.98. The van der Waals surface area contributed by atoms with Gasteiger partial charge in [-0.05, 0) is 36.8 Å². The van der Waals surface area contributed by atoms with Crippen LogP contribution in [0.5, 0.6) is 0 Å². The lowest BCUT2D eigenvalue weighted by molar-refractivity contribution is -0.124. The molecule has 3 amide bonds. The number of rotatable bonds is 6. The van der Waals surface area contributed by atoms with Crippen molar-refractivity contribution >= 4 is 57.3 Å². The van der Waals surface area contributed by atoms with Gasteiger partial charge in [-0.2, -0.15) is 5.01 Å². The Labute approximate surface area is 189 Å². The van der Waals surface area contributed by atoms with Crippen molar-refractivity contribution in [3.05, 3.63) is 64.8 Å². The third-order valence-electron chi connectivity index (χ3n) is 5.04. The number of nitrogens with one attached hydrogen (secondary N) is 1. The minimum atomic E-state index is -0.513. The first-order valence-corrected chi connectivity index (χ1v) is 11.2. The standard InChI is InChI=1S/C22H20N4O3S2/c1-2-3-6-12-25-16-10-5-4-9-15(16)17(20(25)28)18-21(29)26(22(30)31-18)24-19(27)14-8-7-11-23-13-14/h4-5,7-11,13H,2-3,6,12H2,1H3,(H,24,27)/b18-17-. The predicted molar refractivity (Wildman–Crippen MR) is 124 cm³/mol.